The minimum Gasteiger partial charge on any atom is -0.481 e. The molecule has 5 nitrogen and oxygen atoms in total. The Kier molecular flexibility index (Phi) is 4.65. The Morgan fingerprint density at radius 1 is 1.44 bits per heavy atom. The highest BCUT2D eigenvalue weighted by molar-refractivity contribution is 5.93. The van der Waals surface area contributed by atoms with E-state index in [9.17, 15) is 14.0 Å². The number of hydrogen-bond acceptors (Lipinski definition) is 3. The quantitative estimate of drug-likeness (QED) is 0.799. The molecule has 0 aromatic heterocycles. The predicted molar refractivity (Wildman–Crippen MR) is 65.1 cm³/mol. The molecular weight excluding hydrogens is 239 g/mol. The van der Waals surface area contributed by atoms with Crippen molar-refractivity contribution in [2.75, 3.05) is 18.5 Å². The topological polar surface area (TPSA) is 83.6 Å². The molecule has 0 aliphatic heterocycles. The lowest BCUT2D eigenvalue weighted by Crippen LogP contribution is -2.21. The molecule has 0 radical (unpaired) electrons. The highest BCUT2D eigenvalue weighted by Crippen LogP contribution is 2.19. The van der Waals surface area contributed by atoms with Crippen LogP contribution in [0, 0.1) is 5.82 Å². The normalized spacial score (nSPS) is 10.1. The van der Waals surface area contributed by atoms with Gasteiger partial charge in [-0.05, 0) is 24.6 Å². The van der Waals surface area contributed by atoms with Crippen molar-refractivity contribution in [3.8, 4) is 0 Å². The molecule has 0 atom stereocenters. The summed E-state index contributed by atoms with van der Waals surface area (Å²) in [6.07, 6.45) is 0.453. The molecule has 0 aliphatic carbocycles. The van der Waals surface area contributed by atoms with E-state index in [1.807, 2.05) is 0 Å². The number of carboxylic acid groups (broad SMARTS) is 1. The van der Waals surface area contributed by atoms with Crippen molar-refractivity contribution in [2.24, 2.45) is 5.73 Å². The number of anilines is 1. The highest BCUT2D eigenvalue weighted by atomic mass is 19.1. The highest BCUT2D eigenvalue weighted by Gasteiger charge is 2.10. The molecule has 98 valence electrons. The Morgan fingerprint density at radius 2 is 2.11 bits per heavy atom. The van der Waals surface area contributed by atoms with Crippen molar-refractivity contribution in [1.29, 1.82) is 0 Å². The zero-order chi connectivity index (χ0) is 13.7. The summed E-state index contributed by atoms with van der Waals surface area (Å²) in [7, 11) is 1.66. The van der Waals surface area contributed by atoms with E-state index >= 15 is 0 Å². The van der Waals surface area contributed by atoms with Gasteiger partial charge in [0.1, 0.15) is 5.82 Å². The van der Waals surface area contributed by atoms with Crippen LogP contribution in [0.4, 0.5) is 10.1 Å². The molecule has 0 saturated heterocycles. The average molecular weight is 254 g/mol. The van der Waals surface area contributed by atoms with Gasteiger partial charge in [0.2, 0.25) is 5.91 Å². The smallest absolute Gasteiger partial charge is 0.303 e. The van der Waals surface area contributed by atoms with Crippen molar-refractivity contribution in [1.82, 2.24) is 0 Å². The van der Waals surface area contributed by atoms with Crippen LogP contribution in [0.3, 0.4) is 0 Å². The van der Waals surface area contributed by atoms with E-state index in [0.29, 0.717) is 18.7 Å². The first-order valence-electron chi connectivity index (χ1n) is 5.44. The minimum absolute atomic E-state index is 0.0331. The fourth-order valence-electron chi connectivity index (χ4n) is 1.56. The van der Waals surface area contributed by atoms with Crippen LogP contribution in [0.15, 0.2) is 18.2 Å². The van der Waals surface area contributed by atoms with E-state index in [1.165, 1.54) is 12.1 Å². The minimum atomic E-state index is -0.882. The average Bonchev–Trinajstić information content (AvgIpc) is 2.27. The number of carbonyl (C=O) groups excluding carboxylic acids is 1. The molecule has 0 aliphatic rings. The van der Waals surface area contributed by atoms with Gasteiger partial charge < -0.3 is 15.7 Å². The van der Waals surface area contributed by atoms with Crippen LogP contribution >= 0.6 is 0 Å². The van der Waals surface area contributed by atoms with Gasteiger partial charge in [-0.3, -0.25) is 9.59 Å². The van der Waals surface area contributed by atoms with E-state index in [2.05, 4.69) is 0 Å². The van der Waals surface area contributed by atoms with E-state index in [4.69, 9.17) is 10.8 Å². The number of benzene rings is 1. The molecule has 0 fully saturated rings. The standard InChI is InChI=1S/C12H15FN2O3/c1-15(6-2-3-11(16)17)10-5-4-8(12(14)18)7-9(10)13/h4-5,7H,2-3,6H2,1H3,(H2,14,18)(H,16,17). The summed E-state index contributed by atoms with van der Waals surface area (Å²) in [5, 5.41) is 8.51. The molecule has 3 N–H and O–H groups in total. The van der Waals surface area contributed by atoms with E-state index in [1.54, 1.807) is 11.9 Å². The molecule has 1 rings (SSSR count). The van der Waals surface area contributed by atoms with Crippen molar-refractivity contribution in [3.63, 3.8) is 0 Å². The third-order valence-electron chi connectivity index (χ3n) is 2.53. The fourth-order valence-corrected chi connectivity index (χ4v) is 1.56. The summed E-state index contributed by atoms with van der Waals surface area (Å²) < 4.78 is 13.7. The predicted octanol–water partition coefficient (Wildman–Crippen LogP) is 1.23. The summed E-state index contributed by atoms with van der Waals surface area (Å²) in [6, 6.07) is 3.97. The van der Waals surface area contributed by atoms with Crippen LogP contribution in [-0.4, -0.2) is 30.6 Å². The number of amides is 1. The molecule has 0 unspecified atom stereocenters. The number of aliphatic carboxylic acids is 1. The molecule has 0 heterocycles. The van der Waals surface area contributed by atoms with E-state index < -0.39 is 17.7 Å². The van der Waals surface area contributed by atoms with Crippen LogP contribution in [-0.2, 0) is 4.79 Å². The van der Waals surface area contributed by atoms with Crippen LogP contribution in [0.1, 0.15) is 23.2 Å². The Bertz CT molecular complexity index is 463. The van der Waals surface area contributed by atoms with Crippen LogP contribution in [0.25, 0.3) is 0 Å². The SMILES string of the molecule is CN(CCCC(=O)O)c1ccc(C(N)=O)cc1F. The number of halogens is 1. The third-order valence-corrected chi connectivity index (χ3v) is 2.53. The lowest BCUT2D eigenvalue weighted by atomic mass is 10.1. The van der Waals surface area contributed by atoms with Gasteiger partial charge in [0.15, 0.2) is 0 Å². The molecule has 1 aromatic rings. The summed E-state index contributed by atoms with van der Waals surface area (Å²) >= 11 is 0. The maximum Gasteiger partial charge on any atom is 0.303 e. The van der Waals surface area contributed by atoms with Crippen LogP contribution in [0.5, 0.6) is 0 Å². The second-order valence-electron chi connectivity index (χ2n) is 3.95. The van der Waals surface area contributed by atoms with Gasteiger partial charge in [-0.15, -0.1) is 0 Å². The molecule has 6 heteroatoms. The number of carboxylic acids is 1. The molecule has 1 aromatic carbocycles. The van der Waals surface area contributed by atoms with Gasteiger partial charge in [0.25, 0.3) is 0 Å². The maximum absolute atomic E-state index is 13.7. The number of rotatable bonds is 6. The van der Waals surface area contributed by atoms with E-state index in [0.717, 1.165) is 6.07 Å². The van der Waals surface area contributed by atoms with Gasteiger partial charge in [-0.25, -0.2) is 4.39 Å². The zero-order valence-electron chi connectivity index (χ0n) is 10.0. The summed E-state index contributed by atoms with van der Waals surface area (Å²) in [4.78, 5) is 22.8. The number of nitrogens with zero attached hydrogens (tertiary/aromatic N) is 1. The lowest BCUT2D eigenvalue weighted by molar-refractivity contribution is -0.137. The fraction of sp³-hybridized carbons (Fsp3) is 0.333. The Morgan fingerprint density at radius 3 is 2.61 bits per heavy atom. The maximum atomic E-state index is 13.7. The van der Waals surface area contributed by atoms with Crippen molar-refractivity contribution in [3.05, 3.63) is 29.6 Å². The molecular formula is C12H15FN2O3. The summed E-state index contributed by atoms with van der Waals surface area (Å²) in [5.74, 6) is -2.12. The first-order chi connectivity index (χ1) is 8.41. The molecule has 0 spiro atoms. The monoisotopic (exact) mass is 254 g/mol. The van der Waals surface area contributed by atoms with Gasteiger partial charge in [0.05, 0.1) is 5.69 Å². The second kappa shape index (κ2) is 6.00. The number of primary amides is 1. The van der Waals surface area contributed by atoms with E-state index in [-0.39, 0.29) is 12.0 Å². The number of nitrogens with two attached hydrogens (primary N) is 1. The van der Waals surface area contributed by atoms with Crippen LogP contribution in [0.2, 0.25) is 0 Å². The number of hydrogen-bond donors (Lipinski definition) is 2. The van der Waals surface area contributed by atoms with Gasteiger partial charge in [-0.1, -0.05) is 0 Å². The zero-order valence-corrected chi connectivity index (χ0v) is 10.0. The van der Waals surface area contributed by atoms with Crippen molar-refractivity contribution >= 4 is 17.6 Å². The molecule has 18 heavy (non-hydrogen) atoms. The Hall–Kier alpha value is -2.11. The molecule has 1 amide bonds. The summed E-state index contributed by atoms with van der Waals surface area (Å²) in [6.45, 7) is 0.416. The Balaban J connectivity index is 2.71. The largest absolute Gasteiger partial charge is 0.481 e. The Labute approximate surface area is 104 Å². The number of carbonyl (C=O) groups is 2. The third kappa shape index (κ3) is 3.73. The molecule has 0 saturated carbocycles. The summed E-state index contributed by atoms with van der Waals surface area (Å²) in [5.41, 5.74) is 5.46. The molecule has 0 bridgehead atoms. The van der Waals surface area contributed by atoms with Gasteiger partial charge in [-0.2, -0.15) is 0 Å². The van der Waals surface area contributed by atoms with Crippen molar-refractivity contribution in [2.45, 2.75) is 12.8 Å². The second-order valence-corrected chi connectivity index (χ2v) is 3.95. The lowest BCUT2D eigenvalue weighted by Gasteiger charge is -2.19. The first kappa shape index (κ1) is 14.0. The first-order valence-corrected chi connectivity index (χ1v) is 5.44. The van der Waals surface area contributed by atoms with Crippen molar-refractivity contribution < 1.29 is 19.1 Å². The van der Waals surface area contributed by atoms with Gasteiger partial charge >= 0.3 is 5.97 Å². The van der Waals surface area contributed by atoms with Crippen LogP contribution < -0.4 is 10.6 Å². The van der Waals surface area contributed by atoms with Gasteiger partial charge in [0, 0.05) is 25.6 Å².